The van der Waals surface area contributed by atoms with Gasteiger partial charge < -0.3 is 10.6 Å². The van der Waals surface area contributed by atoms with Gasteiger partial charge in [0, 0.05) is 32.5 Å². The Hall–Kier alpha value is -0.850. The molecule has 0 unspecified atom stereocenters. The van der Waals surface area contributed by atoms with Crippen molar-refractivity contribution in [2.45, 2.75) is 19.8 Å². The van der Waals surface area contributed by atoms with Crippen molar-refractivity contribution >= 4 is 29.9 Å². The SMILES string of the molecule is CCCNC(=NC)NCCc1cccnc1.I. The van der Waals surface area contributed by atoms with E-state index in [2.05, 4.69) is 33.6 Å². The van der Waals surface area contributed by atoms with Gasteiger partial charge in [-0.2, -0.15) is 0 Å². The molecule has 5 heteroatoms. The molecule has 0 aliphatic carbocycles. The average Bonchev–Trinajstić information content (AvgIpc) is 2.35. The zero-order valence-electron chi connectivity index (χ0n) is 10.4. The van der Waals surface area contributed by atoms with E-state index in [4.69, 9.17) is 0 Å². The van der Waals surface area contributed by atoms with Crippen LogP contribution in [0.4, 0.5) is 0 Å². The molecule has 1 aromatic rings. The minimum absolute atomic E-state index is 0. The van der Waals surface area contributed by atoms with Crippen molar-refractivity contribution in [1.82, 2.24) is 15.6 Å². The van der Waals surface area contributed by atoms with E-state index in [9.17, 15) is 0 Å². The van der Waals surface area contributed by atoms with Crippen LogP contribution >= 0.6 is 24.0 Å². The van der Waals surface area contributed by atoms with Crippen molar-refractivity contribution in [2.24, 2.45) is 4.99 Å². The van der Waals surface area contributed by atoms with Crippen LogP contribution in [0.5, 0.6) is 0 Å². The maximum absolute atomic E-state index is 4.14. The molecule has 0 amide bonds. The molecular formula is C12H21IN4. The van der Waals surface area contributed by atoms with Gasteiger partial charge in [-0.15, -0.1) is 24.0 Å². The normalized spacial score (nSPS) is 10.6. The fourth-order valence-corrected chi connectivity index (χ4v) is 1.34. The molecule has 1 aromatic heterocycles. The molecule has 0 saturated heterocycles. The molecule has 0 atom stereocenters. The average molecular weight is 348 g/mol. The van der Waals surface area contributed by atoms with E-state index in [1.807, 2.05) is 12.3 Å². The molecule has 1 rings (SSSR count). The molecule has 0 aliphatic heterocycles. The molecule has 0 spiro atoms. The van der Waals surface area contributed by atoms with Crippen LogP contribution in [-0.4, -0.2) is 31.1 Å². The summed E-state index contributed by atoms with van der Waals surface area (Å²) in [6, 6.07) is 4.04. The lowest BCUT2D eigenvalue weighted by Gasteiger charge is -2.10. The van der Waals surface area contributed by atoms with Gasteiger partial charge >= 0.3 is 0 Å². The zero-order valence-corrected chi connectivity index (χ0v) is 12.8. The second kappa shape index (κ2) is 10.3. The van der Waals surface area contributed by atoms with Gasteiger partial charge in [-0.3, -0.25) is 9.98 Å². The second-order valence-electron chi connectivity index (χ2n) is 3.54. The van der Waals surface area contributed by atoms with E-state index in [1.165, 1.54) is 5.56 Å². The van der Waals surface area contributed by atoms with E-state index in [0.29, 0.717) is 0 Å². The lowest BCUT2D eigenvalue weighted by atomic mass is 10.2. The Kier molecular flexibility index (Phi) is 9.80. The monoisotopic (exact) mass is 348 g/mol. The summed E-state index contributed by atoms with van der Waals surface area (Å²) in [4.78, 5) is 8.21. The molecule has 0 aromatic carbocycles. The number of nitrogens with one attached hydrogen (secondary N) is 2. The maximum atomic E-state index is 4.14. The van der Waals surface area contributed by atoms with E-state index in [-0.39, 0.29) is 24.0 Å². The first kappa shape index (κ1) is 16.1. The quantitative estimate of drug-likeness (QED) is 0.485. The van der Waals surface area contributed by atoms with Gasteiger partial charge in [0.15, 0.2) is 5.96 Å². The highest BCUT2D eigenvalue weighted by atomic mass is 127. The van der Waals surface area contributed by atoms with Crippen LogP contribution in [0.1, 0.15) is 18.9 Å². The maximum Gasteiger partial charge on any atom is 0.190 e. The Balaban J connectivity index is 0.00000256. The van der Waals surface area contributed by atoms with E-state index in [0.717, 1.165) is 31.9 Å². The van der Waals surface area contributed by atoms with Crippen LogP contribution in [0.25, 0.3) is 0 Å². The Morgan fingerprint density at radius 1 is 1.35 bits per heavy atom. The highest BCUT2D eigenvalue weighted by Gasteiger charge is 1.96. The summed E-state index contributed by atoms with van der Waals surface area (Å²) in [6.45, 7) is 3.96. The van der Waals surface area contributed by atoms with Gasteiger partial charge in [0.25, 0.3) is 0 Å². The molecule has 0 fully saturated rings. The Morgan fingerprint density at radius 2 is 2.12 bits per heavy atom. The summed E-state index contributed by atoms with van der Waals surface area (Å²) in [5.41, 5.74) is 1.24. The summed E-state index contributed by atoms with van der Waals surface area (Å²) in [5, 5.41) is 6.49. The van der Waals surface area contributed by atoms with Crippen molar-refractivity contribution in [2.75, 3.05) is 20.1 Å². The van der Waals surface area contributed by atoms with Gasteiger partial charge in [0.05, 0.1) is 0 Å². The molecule has 0 aliphatic rings. The molecule has 0 radical (unpaired) electrons. The fraction of sp³-hybridized carbons (Fsp3) is 0.500. The third kappa shape index (κ3) is 7.14. The first-order valence-corrected chi connectivity index (χ1v) is 5.70. The standard InChI is InChI=1S/C12H20N4.HI/c1-3-7-15-12(13-2)16-9-6-11-5-4-8-14-10-11;/h4-5,8,10H,3,6-7,9H2,1-2H3,(H2,13,15,16);1H. The minimum atomic E-state index is 0. The summed E-state index contributed by atoms with van der Waals surface area (Å²) in [6.07, 6.45) is 5.74. The van der Waals surface area contributed by atoms with Crippen molar-refractivity contribution in [1.29, 1.82) is 0 Å². The number of halogens is 1. The molecule has 96 valence electrons. The van der Waals surface area contributed by atoms with Crippen LogP contribution in [0.15, 0.2) is 29.5 Å². The zero-order chi connectivity index (χ0) is 11.6. The van der Waals surface area contributed by atoms with E-state index < -0.39 is 0 Å². The summed E-state index contributed by atoms with van der Waals surface area (Å²) < 4.78 is 0. The third-order valence-corrected chi connectivity index (χ3v) is 2.19. The van der Waals surface area contributed by atoms with Gasteiger partial charge in [-0.05, 0) is 24.5 Å². The molecule has 0 bridgehead atoms. The Labute approximate surface area is 120 Å². The summed E-state index contributed by atoms with van der Waals surface area (Å²) in [5.74, 6) is 0.866. The van der Waals surface area contributed by atoms with Crippen molar-refractivity contribution in [3.8, 4) is 0 Å². The lowest BCUT2D eigenvalue weighted by Crippen LogP contribution is -2.38. The number of rotatable bonds is 5. The van der Waals surface area contributed by atoms with Crippen LogP contribution in [0.2, 0.25) is 0 Å². The first-order chi connectivity index (χ1) is 7.86. The summed E-state index contributed by atoms with van der Waals surface area (Å²) in [7, 11) is 1.79. The van der Waals surface area contributed by atoms with Gasteiger partial charge in [0.1, 0.15) is 0 Å². The first-order valence-electron chi connectivity index (χ1n) is 5.70. The number of guanidine groups is 1. The minimum Gasteiger partial charge on any atom is -0.356 e. The van der Waals surface area contributed by atoms with Gasteiger partial charge in [-0.1, -0.05) is 13.0 Å². The van der Waals surface area contributed by atoms with Crippen molar-refractivity contribution < 1.29 is 0 Å². The third-order valence-electron chi connectivity index (χ3n) is 2.19. The predicted octanol–water partition coefficient (Wildman–Crippen LogP) is 1.82. The molecule has 0 saturated carbocycles. The van der Waals surface area contributed by atoms with Gasteiger partial charge in [0.2, 0.25) is 0 Å². The highest BCUT2D eigenvalue weighted by Crippen LogP contribution is 1.95. The molecule has 17 heavy (non-hydrogen) atoms. The number of hydrogen-bond acceptors (Lipinski definition) is 2. The number of nitrogens with zero attached hydrogens (tertiary/aromatic N) is 2. The lowest BCUT2D eigenvalue weighted by molar-refractivity contribution is 0.772. The molecular weight excluding hydrogens is 327 g/mol. The smallest absolute Gasteiger partial charge is 0.190 e. The number of pyridine rings is 1. The second-order valence-corrected chi connectivity index (χ2v) is 3.54. The van der Waals surface area contributed by atoms with Crippen LogP contribution in [0, 0.1) is 0 Å². The van der Waals surface area contributed by atoms with Gasteiger partial charge in [-0.25, -0.2) is 0 Å². The van der Waals surface area contributed by atoms with E-state index >= 15 is 0 Å². The number of aromatic nitrogens is 1. The Bertz CT molecular complexity index is 314. The molecule has 4 nitrogen and oxygen atoms in total. The van der Waals surface area contributed by atoms with Crippen molar-refractivity contribution in [3.05, 3.63) is 30.1 Å². The fourth-order valence-electron chi connectivity index (χ4n) is 1.34. The topological polar surface area (TPSA) is 49.3 Å². The predicted molar refractivity (Wildman–Crippen MR) is 83.0 cm³/mol. The van der Waals surface area contributed by atoms with Crippen LogP contribution in [-0.2, 0) is 6.42 Å². The van der Waals surface area contributed by atoms with Crippen molar-refractivity contribution in [3.63, 3.8) is 0 Å². The molecule has 1 heterocycles. The largest absolute Gasteiger partial charge is 0.356 e. The highest BCUT2D eigenvalue weighted by molar-refractivity contribution is 14.0. The number of aliphatic imine (C=N–C) groups is 1. The molecule has 2 N–H and O–H groups in total. The van der Waals surface area contributed by atoms with Crippen LogP contribution < -0.4 is 10.6 Å². The summed E-state index contributed by atoms with van der Waals surface area (Å²) >= 11 is 0. The Morgan fingerprint density at radius 3 is 2.71 bits per heavy atom. The number of hydrogen-bond donors (Lipinski definition) is 2. The van der Waals surface area contributed by atoms with E-state index in [1.54, 1.807) is 13.2 Å². The van der Waals surface area contributed by atoms with Crippen LogP contribution in [0.3, 0.4) is 0 Å².